The van der Waals surface area contributed by atoms with E-state index < -0.39 is 0 Å². The SMILES string of the molecule is Cc1c2ccc3cc(CCc4ccccc4)sc3c2c(C)c2ccc3cc(CCc4ccccc4)sc3c12. The number of hydrogen-bond donors (Lipinski definition) is 0. The van der Waals surface area contributed by atoms with E-state index in [4.69, 9.17) is 0 Å². The number of thiophene rings is 2. The standard InChI is InChI=1S/C36H30S2/c1-23-31-19-15-28-22-30(18-14-26-11-7-4-8-12-26)38-36(28)34(31)24(2)32-20-16-27-21-29(37-35(27)33(23)32)17-13-25-9-5-3-6-10-25/h3-12,15-16,19-22H,13-14,17-18H2,1-2H3. The first kappa shape index (κ1) is 23.6. The van der Waals surface area contributed by atoms with Crippen LogP contribution in [0.25, 0.3) is 41.7 Å². The second-order valence-corrected chi connectivity index (χ2v) is 12.7. The normalized spacial score (nSPS) is 11.8. The molecule has 0 aliphatic carbocycles. The van der Waals surface area contributed by atoms with Crippen molar-refractivity contribution in [2.75, 3.05) is 0 Å². The molecule has 0 fully saturated rings. The van der Waals surface area contributed by atoms with Gasteiger partial charge in [0.25, 0.3) is 0 Å². The molecule has 0 radical (unpaired) electrons. The van der Waals surface area contributed by atoms with E-state index in [0.717, 1.165) is 25.7 Å². The van der Waals surface area contributed by atoms with Crippen LogP contribution in [0, 0.1) is 13.8 Å². The van der Waals surface area contributed by atoms with Crippen LogP contribution in [-0.2, 0) is 25.7 Å². The van der Waals surface area contributed by atoms with Crippen molar-refractivity contribution in [1.29, 1.82) is 0 Å². The quantitative estimate of drug-likeness (QED) is 0.189. The summed E-state index contributed by atoms with van der Waals surface area (Å²) >= 11 is 3.98. The molecule has 186 valence electrons. The Bertz CT molecular complexity index is 1780. The lowest BCUT2D eigenvalue weighted by Gasteiger charge is -2.13. The van der Waals surface area contributed by atoms with Gasteiger partial charge in [-0.1, -0.05) is 84.9 Å². The van der Waals surface area contributed by atoms with Crippen molar-refractivity contribution in [1.82, 2.24) is 0 Å². The molecule has 5 aromatic carbocycles. The number of fused-ring (bicyclic) bond motifs is 6. The van der Waals surface area contributed by atoms with Crippen LogP contribution in [-0.4, -0.2) is 0 Å². The number of rotatable bonds is 6. The number of benzene rings is 5. The molecule has 2 heteroatoms. The summed E-state index contributed by atoms with van der Waals surface area (Å²) in [6.07, 6.45) is 4.38. The van der Waals surface area contributed by atoms with Crippen LogP contribution in [0.2, 0.25) is 0 Å². The van der Waals surface area contributed by atoms with Crippen molar-refractivity contribution in [3.05, 3.63) is 129 Å². The lowest BCUT2D eigenvalue weighted by molar-refractivity contribution is 0.982. The Kier molecular flexibility index (Phi) is 6.03. The highest BCUT2D eigenvalue weighted by Crippen LogP contribution is 2.43. The van der Waals surface area contributed by atoms with E-state index in [9.17, 15) is 0 Å². The minimum atomic E-state index is 1.09. The van der Waals surface area contributed by atoms with Crippen LogP contribution < -0.4 is 0 Å². The molecule has 0 saturated carbocycles. The van der Waals surface area contributed by atoms with E-state index in [-0.39, 0.29) is 0 Å². The van der Waals surface area contributed by atoms with E-state index in [1.165, 1.54) is 73.7 Å². The maximum Gasteiger partial charge on any atom is 0.0427 e. The van der Waals surface area contributed by atoms with Crippen LogP contribution in [0.5, 0.6) is 0 Å². The fourth-order valence-corrected chi connectivity index (χ4v) is 8.55. The molecule has 2 aromatic heterocycles. The zero-order valence-corrected chi connectivity index (χ0v) is 23.5. The van der Waals surface area contributed by atoms with Crippen molar-refractivity contribution in [3.8, 4) is 0 Å². The molecule has 0 aliphatic heterocycles. The maximum absolute atomic E-state index is 2.42. The number of aryl methyl sites for hydroxylation is 6. The van der Waals surface area contributed by atoms with Gasteiger partial charge in [-0.3, -0.25) is 0 Å². The largest absolute Gasteiger partial charge is 0.140 e. The van der Waals surface area contributed by atoms with Crippen LogP contribution in [0.3, 0.4) is 0 Å². The summed E-state index contributed by atoms with van der Waals surface area (Å²) in [6.45, 7) is 4.67. The average molecular weight is 527 g/mol. The minimum absolute atomic E-state index is 1.09. The van der Waals surface area contributed by atoms with Gasteiger partial charge in [0, 0.05) is 29.9 Å². The van der Waals surface area contributed by atoms with Gasteiger partial charge in [-0.05, 0) is 95.5 Å². The van der Waals surface area contributed by atoms with E-state index >= 15 is 0 Å². The fraction of sp³-hybridized carbons (Fsp3) is 0.167. The Morgan fingerprint density at radius 1 is 0.474 bits per heavy atom. The Morgan fingerprint density at radius 2 is 0.895 bits per heavy atom. The van der Waals surface area contributed by atoms with Gasteiger partial charge >= 0.3 is 0 Å². The molecule has 0 N–H and O–H groups in total. The van der Waals surface area contributed by atoms with Gasteiger partial charge in [-0.2, -0.15) is 0 Å². The summed E-state index contributed by atoms with van der Waals surface area (Å²) in [5.41, 5.74) is 5.67. The molecular weight excluding hydrogens is 497 g/mol. The second kappa shape index (κ2) is 9.69. The van der Waals surface area contributed by atoms with E-state index in [1.807, 2.05) is 22.7 Å². The van der Waals surface area contributed by atoms with Crippen molar-refractivity contribution in [2.45, 2.75) is 39.5 Å². The van der Waals surface area contributed by atoms with Gasteiger partial charge in [0.1, 0.15) is 0 Å². The third kappa shape index (κ3) is 4.13. The molecule has 0 saturated heterocycles. The Hall–Kier alpha value is -3.46. The van der Waals surface area contributed by atoms with Crippen LogP contribution in [0.1, 0.15) is 32.0 Å². The summed E-state index contributed by atoms with van der Waals surface area (Å²) in [4.78, 5) is 2.95. The third-order valence-corrected chi connectivity index (χ3v) is 10.5. The predicted molar refractivity (Wildman–Crippen MR) is 169 cm³/mol. The van der Waals surface area contributed by atoms with E-state index in [1.54, 1.807) is 0 Å². The number of hydrogen-bond acceptors (Lipinski definition) is 2. The lowest BCUT2D eigenvalue weighted by atomic mass is 9.92. The molecule has 0 bridgehead atoms. The topological polar surface area (TPSA) is 0 Å². The predicted octanol–water partition coefficient (Wildman–Crippen LogP) is 10.6. The molecule has 7 aromatic rings. The highest BCUT2D eigenvalue weighted by atomic mass is 32.1. The van der Waals surface area contributed by atoms with Gasteiger partial charge in [0.2, 0.25) is 0 Å². The zero-order valence-electron chi connectivity index (χ0n) is 21.9. The lowest BCUT2D eigenvalue weighted by Crippen LogP contribution is -1.88. The van der Waals surface area contributed by atoms with Crippen molar-refractivity contribution in [2.24, 2.45) is 0 Å². The Morgan fingerprint density at radius 3 is 1.32 bits per heavy atom. The van der Waals surface area contributed by atoms with Gasteiger partial charge in [-0.25, -0.2) is 0 Å². The van der Waals surface area contributed by atoms with Gasteiger partial charge < -0.3 is 0 Å². The zero-order chi connectivity index (χ0) is 25.6. The molecule has 0 nitrogen and oxygen atoms in total. The van der Waals surface area contributed by atoms with Crippen molar-refractivity contribution in [3.63, 3.8) is 0 Å². The second-order valence-electron chi connectivity index (χ2n) is 10.5. The summed E-state index contributed by atoms with van der Waals surface area (Å²) in [5, 5.41) is 8.48. The summed E-state index contributed by atoms with van der Waals surface area (Å²) in [6, 6.07) is 36.0. The first-order valence-corrected chi connectivity index (χ1v) is 15.2. The van der Waals surface area contributed by atoms with Gasteiger partial charge in [-0.15, -0.1) is 22.7 Å². The average Bonchev–Trinajstić information content (AvgIpc) is 3.57. The molecular formula is C36H30S2. The smallest absolute Gasteiger partial charge is 0.0427 e. The Balaban J connectivity index is 1.31. The summed E-state index contributed by atoms with van der Waals surface area (Å²) in [5.74, 6) is 0. The highest BCUT2D eigenvalue weighted by molar-refractivity contribution is 7.20. The minimum Gasteiger partial charge on any atom is -0.140 e. The Labute approximate surface area is 232 Å². The molecule has 0 aliphatic rings. The van der Waals surface area contributed by atoms with E-state index in [0.29, 0.717) is 0 Å². The maximum atomic E-state index is 2.42. The molecule has 2 heterocycles. The van der Waals surface area contributed by atoms with Crippen LogP contribution >= 0.6 is 22.7 Å². The third-order valence-electron chi connectivity index (χ3n) is 8.04. The fourth-order valence-electron chi connectivity index (χ4n) is 6.02. The van der Waals surface area contributed by atoms with Crippen molar-refractivity contribution >= 4 is 64.4 Å². The monoisotopic (exact) mass is 526 g/mol. The molecule has 0 unspecified atom stereocenters. The van der Waals surface area contributed by atoms with Crippen molar-refractivity contribution < 1.29 is 0 Å². The summed E-state index contributed by atoms with van der Waals surface area (Å²) in [7, 11) is 0. The van der Waals surface area contributed by atoms with Crippen LogP contribution in [0.4, 0.5) is 0 Å². The van der Waals surface area contributed by atoms with Gasteiger partial charge in [0.15, 0.2) is 0 Å². The molecule has 0 amide bonds. The van der Waals surface area contributed by atoms with Crippen LogP contribution in [0.15, 0.2) is 97.1 Å². The van der Waals surface area contributed by atoms with Gasteiger partial charge in [0.05, 0.1) is 0 Å². The molecule has 38 heavy (non-hydrogen) atoms. The van der Waals surface area contributed by atoms with E-state index in [2.05, 4.69) is 111 Å². The molecule has 7 rings (SSSR count). The highest BCUT2D eigenvalue weighted by Gasteiger charge is 2.17. The molecule has 0 spiro atoms. The molecule has 0 atom stereocenters. The first-order chi connectivity index (χ1) is 18.7. The first-order valence-electron chi connectivity index (χ1n) is 13.5. The summed E-state index contributed by atoms with van der Waals surface area (Å²) < 4.78 is 2.89.